The van der Waals surface area contributed by atoms with E-state index in [0.717, 1.165) is 11.5 Å². The van der Waals surface area contributed by atoms with Crippen molar-refractivity contribution < 1.29 is 4.39 Å². The summed E-state index contributed by atoms with van der Waals surface area (Å²) in [7, 11) is 1.93. The van der Waals surface area contributed by atoms with Crippen molar-refractivity contribution in [2.75, 3.05) is 5.32 Å². The highest BCUT2D eigenvalue weighted by molar-refractivity contribution is 5.43. The molecule has 0 aliphatic heterocycles. The molecule has 0 saturated carbocycles. The molecule has 78 valence electrons. The van der Waals surface area contributed by atoms with Crippen molar-refractivity contribution in [2.45, 2.75) is 6.54 Å². The van der Waals surface area contributed by atoms with Gasteiger partial charge in [-0.3, -0.25) is 0 Å². The molecule has 0 radical (unpaired) electrons. The molecule has 0 aliphatic carbocycles. The minimum absolute atomic E-state index is 0.236. The van der Waals surface area contributed by atoms with Crippen LogP contribution < -0.4 is 5.32 Å². The molecular formula is C11H12FN3. The lowest BCUT2D eigenvalue weighted by atomic mass is 10.3. The molecule has 4 heteroatoms. The van der Waals surface area contributed by atoms with Crippen LogP contribution in [-0.4, -0.2) is 9.55 Å². The van der Waals surface area contributed by atoms with Crippen molar-refractivity contribution in [1.82, 2.24) is 9.55 Å². The summed E-state index contributed by atoms with van der Waals surface area (Å²) in [5.41, 5.74) is 0.762. The lowest BCUT2D eigenvalue weighted by molar-refractivity contribution is 0.628. The van der Waals surface area contributed by atoms with Crippen molar-refractivity contribution in [1.29, 1.82) is 0 Å². The van der Waals surface area contributed by atoms with Crippen LogP contribution in [0.2, 0.25) is 0 Å². The number of benzene rings is 1. The molecule has 0 unspecified atom stereocenters. The number of hydrogen-bond acceptors (Lipinski definition) is 2. The summed E-state index contributed by atoms with van der Waals surface area (Å²) in [6, 6.07) is 6.39. The summed E-state index contributed by atoms with van der Waals surface area (Å²) < 4.78 is 14.8. The summed E-state index contributed by atoms with van der Waals surface area (Å²) in [6.07, 6.45) is 3.62. The van der Waals surface area contributed by atoms with E-state index in [1.165, 1.54) is 12.1 Å². The highest BCUT2D eigenvalue weighted by Gasteiger charge is 1.99. The molecule has 1 N–H and O–H groups in total. The second-order valence-electron chi connectivity index (χ2n) is 3.32. The maximum Gasteiger partial charge on any atom is 0.127 e. The fourth-order valence-electron chi connectivity index (χ4n) is 1.35. The molecule has 0 saturated heterocycles. The number of nitrogens with one attached hydrogen (secondary N) is 1. The molecule has 2 aromatic rings. The average Bonchev–Trinajstić information content (AvgIpc) is 2.61. The molecule has 1 aromatic heterocycles. The molecule has 0 atom stereocenters. The SMILES string of the molecule is Cn1ccnc1CNc1cccc(F)c1. The van der Waals surface area contributed by atoms with Gasteiger partial charge in [-0.25, -0.2) is 9.37 Å². The Morgan fingerprint density at radius 2 is 2.33 bits per heavy atom. The first kappa shape index (κ1) is 9.71. The first-order valence-corrected chi connectivity index (χ1v) is 4.71. The van der Waals surface area contributed by atoms with Gasteiger partial charge >= 0.3 is 0 Å². The summed E-state index contributed by atoms with van der Waals surface area (Å²) in [5.74, 6) is 0.680. The van der Waals surface area contributed by atoms with Gasteiger partial charge in [0, 0.05) is 25.1 Å². The number of rotatable bonds is 3. The lowest BCUT2D eigenvalue weighted by Gasteiger charge is -2.06. The van der Waals surface area contributed by atoms with Crippen molar-refractivity contribution >= 4 is 5.69 Å². The van der Waals surface area contributed by atoms with E-state index in [1.54, 1.807) is 12.3 Å². The van der Waals surface area contributed by atoms with Crippen molar-refractivity contribution in [2.24, 2.45) is 7.05 Å². The first-order valence-electron chi connectivity index (χ1n) is 4.71. The van der Waals surface area contributed by atoms with Gasteiger partial charge in [-0.05, 0) is 18.2 Å². The minimum Gasteiger partial charge on any atom is -0.378 e. The van der Waals surface area contributed by atoms with Gasteiger partial charge in [0.25, 0.3) is 0 Å². The number of aromatic nitrogens is 2. The number of halogens is 1. The van der Waals surface area contributed by atoms with E-state index in [2.05, 4.69) is 10.3 Å². The summed E-state index contributed by atoms with van der Waals surface area (Å²) >= 11 is 0. The van der Waals surface area contributed by atoms with Crippen molar-refractivity contribution in [3.05, 3.63) is 48.3 Å². The normalized spacial score (nSPS) is 10.3. The van der Waals surface area contributed by atoms with E-state index in [9.17, 15) is 4.39 Å². The van der Waals surface area contributed by atoms with E-state index >= 15 is 0 Å². The summed E-state index contributed by atoms with van der Waals surface area (Å²) in [4.78, 5) is 4.16. The average molecular weight is 205 g/mol. The van der Waals surface area contributed by atoms with Gasteiger partial charge in [0.2, 0.25) is 0 Å². The van der Waals surface area contributed by atoms with Gasteiger partial charge in [0.05, 0.1) is 6.54 Å². The Balaban J connectivity index is 2.02. The quantitative estimate of drug-likeness (QED) is 0.832. The molecular weight excluding hydrogens is 193 g/mol. The van der Waals surface area contributed by atoms with E-state index in [-0.39, 0.29) is 5.82 Å². The molecule has 1 heterocycles. The maximum absolute atomic E-state index is 12.9. The highest BCUT2D eigenvalue weighted by atomic mass is 19.1. The Morgan fingerprint density at radius 3 is 3.00 bits per heavy atom. The molecule has 0 spiro atoms. The fraction of sp³-hybridized carbons (Fsp3) is 0.182. The highest BCUT2D eigenvalue weighted by Crippen LogP contribution is 2.10. The monoisotopic (exact) mass is 205 g/mol. The van der Waals surface area contributed by atoms with Crippen LogP contribution >= 0.6 is 0 Å². The molecule has 0 amide bonds. The molecule has 15 heavy (non-hydrogen) atoms. The Hall–Kier alpha value is -1.84. The van der Waals surface area contributed by atoms with Crippen LogP contribution in [-0.2, 0) is 13.6 Å². The Bertz CT molecular complexity index is 451. The van der Waals surface area contributed by atoms with Crippen molar-refractivity contribution in [3.63, 3.8) is 0 Å². The zero-order valence-corrected chi connectivity index (χ0v) is 8.44. The number of nitrogens with zero attached hydrogens (tertiary/aromatic N) is 2. The molecule has 0 bridgehead atoms. The lowest BCUT2D eigenvalue weighted by Crippen LogP contribution is -2.05. The van der Waals surface area contributed by atoms with Crippen LogP contribution in [0.1, 0.15) is 5.82 Å². The standard InChI is InChI=1S/C11H12FN3/c1-15-6-5-13-11(15)8-14-10-4-2-3-9(12)7-10/h2-7,14H,8H2,1H3. The minimum atomic E-state index is -0.236. The third-order valence-corrected chi connectivity index (χ3v) is 2.20. The van der Waals surface area contributed by atoms with Gasteiger partial charge in [-0.2, -0.15) is 0 Å². The number of imidazole rings is 1. The van der Waals surface area contributed by atoms with Gasteiger partial charge in [-0.1, -0.05) is 6.07 Å². The van der Waals surface area contributed by atoms with E-state index in [0.29, 0.717) is 6.54 Å². The first-order chi connectivity index (χ1) is 7.25. The van der Waals surface area contributed by atoms with Gasteiger partial charge in [0.1, 0.15) is 11.6 Å². The van der Waals surface area contributed by atoms with Crippen LogP contribution in [0.4, 0.5) is 10.1 Å². The van der Waals surface area contributed by atoms with Crippen LogP contribution in [0, 0.1) is 5.82 Å². The third-order valence-electron chi connectivity index (χ3n) is 2.20. The van der Waals surface area contributed by atoms with E-state index in [4.69, 9.17) is 0 Å². The largest absolute Gasteiger partial charge is 0.378 e. The molecule has 3 nitrogen and oxygen atoms in total. The predicted octanol–water partition coefficient (Wildman–Crippen LogP) is 2.17. The summed E-state index contributed by atoms with van der Waals surface area (Å²) in [6.45, 7) is 0.590. The Kier molecular flexibility index (Phi) is 2.67. The zero-order valence-electron chi connectivity index (χ0n) is 8.44. The Morgan fingerprint density at radius 1 is 1.47 bits per heavy atom. The molecule has 1 aromatic carbocycles. The zero-order chi connectivity index (χ0) is 10.7. The Labute approximate surface area is 87.6 Å². The molecule has 2 rings (SSSR count). The van der Waals surface area contributed by atoms with Crippen molar-refractivity contribution in [3.8, 4) is 0 Å². The second-order valence-corrected chi connectivity index (χ2v) is 3.32. The summed E-state index contributed by atoms with van der Waals surface area (Å²) in [5, 5.41) is 3.11. The topological polar surface area (TPSA) is 29.9 Å². The smallest absolute Gasteiger partial charge is 0.127 e. The fourth-order valence-corrected chi connectivity index (χ4v) is 1.35. The molecule has 0 fully saturated rings. The van der Waals surface area contributed by atoms with Crippen LogP contribution in [0.5, 0.6) is 0 Å². The van der Waals surface area contributed by atoms with E-state index in [1.807, 2.05) is 23.9 Å². The predicted molar refractivity (Wildman–Crippen MR) is 56.9 cm³/mol. The number of hydrogen-bond donors (Lipinski definition) is 1. The number of anilines is 1. The van der Waals surface area contributed by atoms with Gasteiger partial charge < -0.3 is 9.88 Å². The van der Waals surface area contributed by atoms with Crippen LogP contribution in [0.25, 0.3) is 0 Å². The second kappa shape index (κ2) is 4.13. The maximum atomic E-state index is 12.9. The van der Waals surface area contributed by atoms with E-state index < -0.39 is 0 Å². The molecule has 0 aliphatic rings. The van der Waals surface area contributed by atoms with Gasteiger partial charge in [0.15, 0.2) is 0 Å². The van der Waals surface area contributed by atoms with Crippen LogP contribution in [0.3, 0.4) is 0 Å². The number of aryl methyl sites for hydroxylation is 1. The van der Waals surface area contributed by atoms with Crippen LogP contribution in [0.15, 0.2) is 36.7 Å². The van der Waals surface area contributed by atoms with Gasteiger partial charge in [-0.15, -0.1) is 0 Å². The third kappa shape index (κ3) is 2.34.